The van der Waals surface area contributed by atoms with Crippen molar-refractivity contribution in [2.24, 2.45) is 5.10 Å². The van der Waals surface area contributed by atoms with Gasteiger partial charge in [0.05, 0.1) is 5.71 Å². The molecule has 0 atom stereocenters. The van der Waals surface area contributed by atoms with Crippen molar-refractivity contribution in [1.29, 1.82) is 0 Å². The van der Waals surface area contributed by atoms with Crippen molar-refractivity contribution in [2.45, 2.75) is 26.7 Å². The van der Waals surface area contributed by atoms with Gasteiger partial charge in [0.1, 0.15) is 11.3 Å². The van der Waals surface area contributed by atoms with E-state index in [1.807, 2.05) is 61.5 Å². The zero-order chi connectivity index (χ0) is 22.2. The molecule has 5 nitrogen and oxygen atoms in total. The molecule has 0 fully saturated rings. The van der Waals surface area contributed by atoms with Crippen molar-refractivity contribution < 1.29 is 14.0 Å². The number of amides is 2. The van der Waals surface area contributed by atoms with E-state index in [0.29, 0.717) is 6.42 Å². The molecule has 0 radical (unpaired) electrons. The number of nitrogens with zero attached hydrogens (tertiary/aromatic N) is 2. The summed E-state index contributed by atoms with van der Waals surface area (Å²) in [4.78, 5) is 23.9. The Kier molecular flexibility index (Phi) is 4.94. The van der Waals surface area contributed by atoms with Crippen LogP contribution in [0.2, 0.25) is 0 Å². The highest BCUT2D eigenvalue weighted by molar-refractivity contribution is 6.11. The third kappa shape index (κ3) is 3.42. The molecule has 32 heavy (non-hydrogen) atoms. The van der Waals surface area contributed by atoms with Crippen molar-refractivity contribution in [3.05, 3.63) is 83.9 Å². The van der Waals surface area contributed by atoms with E-state index >= 15 is 0 Å². The molecule has 1 aromatic heterocycles. The minimum atomic E-state index is -0.373. The largest absolute Gasteiger partial charge is 0.455 e. The Labute approximate surface area is 186 Å². The van der Waals surface area contributed by atoms with Gasteiger partial charge in [-0.1, -0.05) is 60.7 Å². The first-order chi connectivity index (χ1) is 15.5. The molecule has 0 saturated carbocycles. The van der Waals surface area contributed by atoms with Gasteiger partial charge >= 0.3 is 0 Å². The number of hydrogen-bond donors (Lipinski definition) is 0. The van der Waals surface area contributed by atoms with Crippen LogP contribution in [0, 0.1) is 6.92 Å². The van der Waals surface area contributed by atoms with E-state index in [0.717, 1.165) is 55.3 Å². The summed E-state index contributed by atoms with van der Waals surface area (Å²) in [5.41, 5.74) is 6.52. The molecule has 2 heterocycles. The molecule has 158 valence electrons. The van der Waals surface area contributed by atoms with Gasteiger partial charge in [0.2, 0.25) is 11.8 Å². The number of aryl methyl sites for hydroxylation is 1. The number of benzene rings is 3. The van der Waals surface area contributed by atoms with Crippen molar-refractivity contribution in [2.75, 3.05) is 0 Å². The van der Waals surface area contributed by atoms with Crippen molar-refractivity contribution >= 4 is 28.5 Å². The van der Waals surface area contributed by atoms with E-state index in [2.05, 4.69) is 23.3 Å². The molecule has 0 bridgehead atoms. The molecule has 0 aliphatic carbocycles. The van der Waals surface area contributed by atoms with Crippen LogP contribution in [0.15, 0.2) is 82.3 Å². The molecule has 5 heteroatoms. The fourth-order valence-electron chi connectivity index (χ4n) is 4.24. The number of rotatable bonds is 3. The maximum atomic E-state index is 12.1. The number of carbonyl (C=O) groups excluding carboxylic acids is 2. The van der Waals surface area contributed by atoms with Crippen LogP contribution in [0.3, 0.4) is 0 Å². The summed E-state index contributed by atoms with van der Waals surface area (Å²) < 4.78 is 6.42. The first-order valence-electron chi connectivity index (χ1n) is 10.6. The standard InChI is InChI=1S/C27H22N2O3/c1-17-15-22-24(16-21(17)23-13-14-25(31)29(28-23)18(2)30)32-27(20-11-7-4-8-12-20)26(22)19-9-5-3-6-10-19/h3-12,15-16H,13-14H2,1-2H3. The van der Waals surface area contributed by atoms with E-state index in [-0.39, 0.29) is 18.2 Å². The summed E-state index contributed by atoms with van der Waals surface area (Å²) in [5.74, 6) is 0.173. The molecule has 2 amide bonds. The maximum absolute atomic E-state index is 12.1. The molecular formula is C27H22N2O3. The Morgan fingerprint density at radius 3 is 2.25 bits per heavy atom. The van der Waals surface area contributed by atoms with E-state index in [1.54, 1.807) is 0 Å². The second-order valence-electron chi connectivity index (χ2n) is 7.97. The smallest absolute Gasteiger partial charge is 0.250 e. The minimum absolute atomic E-state index is 0.262. The SMILES string of the molecule is CC(=O)N1N=C(c2cc3oc(-c4ccccc4)c(-c4ccccc4)c3cc2C)CCC1=O. The molecule has 0 N–H and O–H groups in total. The highest BCUT2D eigenvalue weighted by atomic mass is 16.3. The van der Waals surface area contributed by atoms with Crippen molar-refractivity contribution in [3.63, 3.8) is 0 Å². The third-order valence-corrected chi connectivity index (χ3v) is 5.78. The lowest BCUT2D eigenvalue weighted by molar-refractivity contribution is -0.144. The number of imide groups is 1. The maximum Gasteiger partial charge on any atom is 0.250 e. The average Bonchev–Trinajstić information content (AvgIpc) is 3.18. The second-order valence-corrected chi connectivity index (χ2v) is 7.97. The highest BCUT2D eigenvalue weighted by Crippen LogP contribution is 2.42. The van der Waals surface area contributed by atoms with Crippen LogP contribution in [-0.4, -0.2) is 22.5 Å². The van der Waals surface area contributed by atoms with Gasteiger partial charge in [0.25, 0.3) is 0 Å². The summed E-state index contributed by atoms with van der Waals surface area (Å²) in [6.45, 7) is 3.38. The third-order valence-electron chi connectivity index (χ3n) is 5.78. The molecular weight excluding hydrogens is 400 g/mol. The molecule has 3 aromatic carbocycles. The van der Waals surface area contributed by atoms with Crippen LogP contribution in [0.25, 0.3) is 33.4 Å². The van der Waals surface area contributed by atoms with E-state index in [9.17, 15) is 9.59 Å². The number of hydrazone groups is 1. The van der Waals surface area contributed by atoms with Crippen molar-refractivity contribution in [1.82, 2.24) is 5.01 Å². The molecule has 0 saturated heterocycles. The minimum Gasteiger partial charge on any atom is -0.455 e. The van der Waals surface area contributed by atoms with Crippen LogP contribution in [0.5, 0.6) is 0 Å². The first kappa shape index (κ1) is 19.9. The van der Waals surface area contributed by atoms with Crippen LogP contribution in [-0.2, 0) is 9.59 Å². The van der Waals surface area contributed by atoms with E-state index < -0.39 is 0 Å². The van der Waals surface area contributed by atoms with Gasteiger partial charge in [0, 0.05) is 41.8 Å². The lowest BCUT2D eigenvalue weighted by atomic mass is 9.94. The molecule has 0 spiro atoms. The van der Waals surface area contributed by atoms with E-state index in [4.69, 9.17) is 4.42 Å². The topological polar surface area (TPSA) is 62.9 Å². The van der Waals surface area contributed by atoms with Gasteiger partial charge in [-0.25, -0.2) is 0 Å². The van der Waals surface area contributed by atoms with Gasteiger partial charge in [-0.3, -0.25) is 9.59 Å². The quantitative estimate of drug-likeness (QED) is 0.410. The number of carbonyl (C=O) groups is 2. The van der Waals surface area contributed by atoms with Gasteiger partial charge < -0.3 is 4.42 Å². The Bertz CT molecular complexity index is 1370. The normalized spacial score (nSPS) is 14.0. The Hall–Kier alpha value is -3.99. The lowest BCUT2D eigenvalue weighted by Gasteiger charge is -2.21. The van der Waals surface area contributed by atoms with Crippen LogP contribution >= 0.6 is 0 Å². The van der Waals surface area contributed by atoms with E-state index in [1.165, 1.54) is 6.92 Å². The number of hydrogen-bond acceptors (Lipinski definition) is 4. The molecule has 4 aromatic rings. The zero-order valence-corrected chi connectivity index (χ0v) is 18.0. The first-order valence-corrected chi connectivity index (χ1v) is 10.6. The van der Waals surface area contributed by atoms with Crippen LogP contribution in [0.4, 0.5) is 0 Å². The van der Waals surface area contributed by atoms with Crippen molar-refractivity contribution in [3.8, 4) is 22.5 Å². The number of fused-ring (bicyclic) bond motifs is 1. The van der Waals surface area contributed by atoms with Gasteiger partial charge in [-0.15, -0.1) is 0 Å². The van der Waals surface area contributed by atoms with Crippen LogP contribution < -0.4 is 0 Å². The monoisotopic (exact) mass is 422 g/mol. The Morgan fingerprint density at radius 1 is 0.938 bits per heavy atom. The highest BCUT2D eigenvalue weighted by Gasteiger charge is 2.26. The fraction of sp³-hybridized carbons (Fsp3) is 0.148. The molecule has 1 aliphatic heterocycles. The van der Waals surface area contributed by atoms with Crippen LogP contribution in [0.1, 0.15) is 30.9 Å². The summed E-state index contributed by atoms with van der Waals surface area (Å²) in [6.07, 6.45) is 0.755. The number of furan rings is 1. The summed E-state index contributed by atoms with van der Waals surface area (Å²) in [5, 5.41) is 6.34. The Morgan fingerprint density at radius 2 is 1.59 bits per heavy atom. The van der Waals surface area contributed by atoms with Gasteiger partial charge in [0.15, 0.2) is 0 Å². The lowest BCUT2D eigenvalue weighted by Crippen LogP contribution is -2.35. The Balaban J connectivity index is 1.73. The van der Waals surface area contributed by atoms with Gasteiger partial charge in [-0.2, -0.15) is 10.1 Å². The average molecular weight is 422 g/mol. The summed E-state index contributed by atoms with van der Waals surface area (Å²) in [7, 11) is 0. The predicted molar refractivity (Wildman–Crippen MR) is 125 cm³/mol. The predicted octanol–water partition coefficient (Wildman–Crippen LogP) is 5.95. The summed E-state index contributed by atoms with van der Waals surface area (Å²) in [6, 6.07) is 24.4. The molecule has 0 unspecified atom stereocenters. The molecule has 1 aliphatic rings. The summed E-state index contributed by atoms with van der Waals surface area (Å²) >= 11 is 0. The van der Waals surface area contributed by atoms with Gasteiger partial charge in [-0.05, 0) is 30.2 Å². The molecule has 5 rings (SSSR count). The second kappa shape index (κ2) is 7.93. The fourth-order valence-corrected chi connectivity index (χ4v) is 4.24. The zero-order valence-electron chi connectivity index (χ0n) is 18.0.